The van der Waals surface area contributed by atoms with Gasteiger partial charge >= 0.3 is 6.03 Å². The molecule has 0 atom stereocenters. The van der Waals surface area contributed by atoms with Gasteiger partial charge in [0.2, 0.25) is 0 Å². The fourth-order valence-electron chi connectivity index (χ4n) is 1.85. The summed E-state index contributed by atoms with van der Waals surface area (Å²) in [5.41, 5.74) is 0.243. The van der Waals surface area contributed by atoms with Crippen LogP contribution in [0.3, 0.4) is 0 Å². The zero-order valence-electron chi connectivity index (χ0n) is 13.1. The molecule has 0 heterocycles. The summed E-state index contributed by atoms with van der Waals surface area (Å²) in [6, 6.07) is 7.46. The van der Waals surface area contributed by atoms with Crippen LogP contribution in [-0.4, -0.2) is 36.4 Å². The summed E-state index contributed by atoms with van der Waals surface area (Å²) in [5, 5.41) is 15.4. The van der Waals surface area contributed by atoms with E-state index in [2.05, 4.69) is 10.6 Å². The number of nitrogens with one attached hydrogen (secondary N) is 2. The minimum Gasteiger partial charge on any atom is -0.491 e. The van der Waals surface area contributed by atoms with Crippen LogP contribution in [0.25, 0.3) is 0 Å². The number of amides is 2. The van der Waals surface area contributed by atoms with Crippen LogP contribution in [0.1, 0.15) is 32.3 Å². The lowest BCUT2D eigenvalue weighted by Crippen LogP contribution is -2.46. The Kier molecular flexibility index (Phi) is 7.02. The van der Waals surface area contributed by atoms with E-state index < -0.39 is 5.60 Å². The Hall–Kier alpha value is -1.75. The highest BCUT2D eigenvalue weighted by Crippen LogP contribution is 2.15. The van der Waals surface area contributed by atoms with E-state index in [1.54, 1.807) is 0 Å². The summed E-state index contributed by atoms with van der Waals surface area (Å²) < 4.78 is 5.58. The van der Waals surface area contributed by atoms with Crippen molar-refractivity contribution in [3.05, 3.63) is 29.8 Å². The lowest BCUT2D eigenvalue weighted by atomic mass is 9.98. The first-order valence-electron chi connectivity index (χ1n) is 7.43. The number of urea groups is 1. The highest BCUT2D eigenvalue weighted by molar-refractivity contribution is 5.73. The van der Waals surface area contributed by atoms with Crippen LogP contribution >= 0.6 is 0 Å². The molecule has 1 rings (SSSR count). The quantitative estimate of drug-likeness (QED) is 0.644. The molecular weight excluding hydrogens is 268 g/mol. The second-order valence-electron chi connectivity index (χ2n) is 5.15. The number of rotatable bonds is 8. The first-order valence-corrected chi connectivity index (χ1v) is 7.43. The van der Waals surface area contributed by atoms with Crippen molar-refractivity contribution in [3.63, 3.8) is 0 Å². The van der Waals surface area contributed by atoms with Crippen LogP contribution in [0.15, 0.2) is 24.3 Å². The molecule has 5 nitrogen and oxygen atoms in total. The van der Waals surface area contributed by atoms with Crippen LogP contribution in [0.4, 0.5) is 4.79 Å². The SMILES string of the molecule is CCC(O)(CC)CNC(=O)NCCOc1ccccc1C. The van der Waals surface area contributed by atoms with Gasteiger partial charge < -0.3 is 20.5 Å². The van der Waals surface area contributed by atoms with Gasteiger partial charge in [-0.15, -0.1) is 0 Å². The third kappa shape index (κ3) is 6.04. The van der Waals surface area contributed by atoms with Gasteiger partial charge in [-0.2, -0.15) is 0 Å². The summed E-state index contributed by atoms with van der Waals surface area (Å²) >= 11 is 0. The van der Waals surface area contributed by atoms with E-state index in [1.165, 1.54) is 0 Å². The van der Waals surface area contributed by atoms with Gasteiger partial charge in [0.15, 0.2) is 0 Å². The summed E-state index contributed by atoms with van der Waals surface area (Å²) in [6.07, 6.45) is 1.22. The highest BCUT2D eigenvalue weighted by atomic mass is 16.5. The molecular formula is C16H26N2O3. The Morgan fingerprint density at radius 1 is 1.24 bits per heavy atom. The maximum absolute atomic E-state index is 11.6. The molecule has 118 valence electrons. The number of para-hydroxylation sites is 1. The predicted molar refractivity (Wildman–Crippen MR) is 83.6 cm³/mol. The smallest absolute Gasteiger partial charge is 0.315 e. The largest absolute Gasteiger partial charge is 0.491 e. The van der Waals surface area contributed by atoms with Crippen LogP contribution in [-0.2, 0) is 0 Å². The monoisotopic (exact) mass is 294 g/mol. The third-order valence-corrected chi connectivity index (χ3v) is 3.63. The number of hydrogen-bond donors (Lipinski definition) is 3. The van der Waals surface area contributed by atoms with Gasteiger partial charge in [-0.1, -0.05) is 32.0 Å². The fraction of sp³-hybridized carbons (Fsp3) is 0.562. The normalized spacial score (nSPS) is 11.0. The van der Waals surface area contributed by atoms with Crippen molar-refractivity contribution < 1.29 is 14.6 Å². The Morgan fingerprint density at radius 2 is 1.90 bits per heavy atom. The lowest BCUT2D eigenvalue weighted by molar-refractivity contribution is 0.0349. The Labute approximate surface area is 126 Å². The van der Waals surface area contributed by atoms with E-state index in [9.17, 15) is 9.90 Å². The zero-order valence-corrected chi connectivity index (χ0v) is 13.1. The third-order valence-electron chi connectivity index (χ3n) is 3.63. The summed E-state index contributed by atoms with van der Waals surface area (Å²) in [5.74, 6) is 0.825. The predicted octanol–water partition coefficient (Wildman–Crippen LogP) is 2.22. The fourth-order valence-corrected chi connectivity index (χ4v) is 1.85. The number of aliphatic hydroxyl groups is 1. The van der Waals surface area contributed by atoms with E-state index in [1.807, 2.05) is 45.0 Å². The van der Waals surface area contributed by atoms with E-state index in [4.69, 9.17) is 4.74 Å². The number of hydrogen-bond acceptors (Lipinski definition) is 3. The molecule has 0 aliphatic rings. The minimum atomic E-state index is -0.824. The van der Waals surface area contributed by atoms with Crippen LogP contribution < -0.4 is 15.4 Å². The molecule has 0 aliphatic heterocycles. The summed E-state index contributed by atoms with van der Waals surface area (Å²) in [6.45, 7) is 6.86. The number of aryl methyl sites for hydroxylation is 1. The van der Waals surface area contributed by atoms with Crippen molar-refractivity contribution in [3.8, 4) is 5.75 Å². The van der Waals surface area contributed by atoms with Crippen molar-refractivity contribution in [1.29, 1.82) is 0 Å². The molecule has 0 aromatic heterocycles. The number of benzene rings is 1. The molecule has 0 aliphatic carbocycles. The Bertz CT molecular complexity index is 445. The average molecular weight is 294 g/mol. The maximum Gasteiger partial charge on any atom is 0.315 e. The molecule has 5 heteroatoms. The van der Waals surface area contributed by atoms with Crippen molar-refractivity contribution in [2.24, 2.45) is 0 Å². The first-order chi connectivity index (χ1) is 10.0. The topological polar surface area (TPSA) is 70.6 Å². The molecule has 21 heavy (non-hydrogen) atoms. The molecule has 0 spiro atoms. The molecule has 3 N–H and O–H groups in total. The summed E-state index contributed by atoms with van der Waals surface area (Å²) in [7, 11) is 0. The average Bonchev–Trinajstić information content (AvgIpc) is 2.51. The molecule has 0 saturated heterocycles. The molecule has 0 radical (unpaired) electrons. The Balaban J connectivity index is 2.21. The molecule has 0 bridgehead atoms. The van der Waals surface area contributed by atoms with Gasteiger partial charge in [-0.05, 0) is 31.4 Å². The second-order valence-corrected chi connectivity index (χ2v) is 5.15. The van der Waals surface area contributed by atoms with Crippen molar-refractivity contribution in [2.75, 3.05) is 19.7 Å². The van der Waals surface area contributed by atoms with Gasteiger partial charge in [0.25, 0.3) is 0 Å². The number of carbonyl (C=O) groups excluding carboxylic acids is 1. The van der Waals surface area contributed by atoms with E-state index in [-0.39, 0.29) is 12.6 Å². The first kappa shape index (κ1) is 17.3. The summed E-state index contributed by atoms with van der Waals surface area (Å²) in [4.78, 5) is 11.6. The minimum absolute atomic E-state index is 0.254. The van der Waals surface area contributed by atoms with Crippen LogP contribution in [0, 0.1) is 6.92 Å². The lowest BCUT2D eigenvalue weighted by Gasteiger charge is -2.25. The molecule has 1 aromatic carbocycles. The number of ether oxygens (including phenoxy) is 1. The van der Waals surface area contributed by atoms with Crippen LogP contribution in [0.5, 0.6) is 5.75 Å². The molecule has 0 saturated carbocycles. The van der Waals surface area contributed by atoms with E-state index in [0.29, 0.717) is 26.0 Å². The van der Waals surface area contributed by atoms with Crippen molar-refractivity contribution in [1.82, 2.24) is 10.6 Å². The number of carbonyl (C=O) groups is 1. The molecule has 1 aromatic rings. The van der Waals surface area contributed by atoms with Crippen LogP contribution in [0.2, 0.25) is 0 Å². The second kappa shape index (κ2) is 8.52. The molecule has 0 fully saturated rings. The van der Waals surface area contributed by atoms with E-state index in [0.717, 1.165) is 11.3 Å². The van der Waals surface area contributed by atoms with Gasteiger partial charge in [0, 0.05) is 6.54 Å². The zero-order chi connectivity index (χ0) is 15.7. The van der Waals surface area contributed by atoms with Gasteiger partial charge in [-0.25, -0.2) is 4.79 Å². The Morgan fingerprint density at radius 3 is 2.52 bits per heavy atom. The van der Waals surface area contributed by atoms with Gasteiger partial charge in [0.1, 0.15) is 12.4 Å². The maximum atomic E-state index is 11.6. The molecule has 2 amide bonds. The van der Waals surface area contributed by atoms with Crippen molar-refractivity contribution >= 4 is 6.03 Å². The standard InChI is InChI=1S/C16H26N2O3/c1-4-16(20,5-2)12-18-15(19)17-10-11-21-14-9-7-6-8-13(14)3/h6-9,20H,4-5,10-12H2,1-3H3,(H2,17,18,19). The van der Waals surface area contributed by atoms with Gasteiger partial charge in [0.05, 0.1) is 12.1 Å². The van der Waals surface area contributed by atoms with Crippen molar-refractivity contribution in [2.45, 2.75) is 39.2 Å². The van der Waals surface area contributed by atoms with E-state index >= 15 is 0 Å². The van der Waals surface area contributed by atoms with Gasteiger partial charge in [-0.3, -0.25) is 0 Å². The molecule has 0 unspecified atom stereocenters. The highest BCUT2D eigenvalue weighted by Gasteiger charge is 2.22.